The van der Waals surface area contributed by atoms with E-state index in [0.717, 1.165) is 30.7 Å². The molecule has 2 amide bonds. The predicted molar refractivity (Wildman–Crippen MR) is 138 cm³/mol. The number of likely N-dealkylation sites (tertiary alicyclic amines) is 1. The minimum absolute atomic E-state index is 0.0664. The standard InChI is InChI=1S/C27H27N7O2/c1-17(2)27(36)33-15-6-4-7-20(33)25-32-22(23-24(28)30-14-16-34(23)25)18-9-11-19(12-10-18)26(35)31-21-8-3-5-13-29-21/h3,5,8-14,16,20H,1,4,6-7,15H2,2H3,(H2,28,30)(H,29,31,35)/t20-/m0/s1. The monoisotopic (exact) mass is 481 g/mol. The molecule has 36 heavy (non-hydrogen) atoms. The van der Waals surface area contributed by atoms with Crippen LogP contribution in [0.25, 0.3) is 16.8 Å². The Morgan fingerprint density at radius 2 is 1.89 bits per heavy atom. The first kappa shape index (κ1) is 23.2. The van der Waals surface area contributed by atoms with Crippen LogP contribution in [0.4, 0.5) is 11.6 Å². The van der Waals surface area contributed by atoms with E-state index >= 15 is 0 Å². The fourth-order valence-corrected chi connectivity index (χ4v) is 4.62. The molecule has 3 N–H and O–H groups in total. The summed E-state index contributed by atoms with van der Waals surface area (Å²) in [7, 11) is 0. The number of fused-ring (bicyclic) bond motifs is 1. The number of hydrogen-bond acceptors (Lipinski definition) is 6. The van der Waals surface area contributed by atoms with Crippen LogP contribution in [0.5, 0.6) is 0 Å². The van der Waals surface area contributed by atoms with Crippen LogP contribution in [0, 0.1) is 0 Å². The molecule has 4 heterocycles. The fourth-order valence-electron chi connectivity index (χ4n) is 4.62. The van der Waals surface area contributed by atoms with Crippen molar-refractivity contribution in [2.24, 2.45) is 0 Å². The second kappa shape index (κ2) is 9.61. The summed E-state index contributed by atoms with van der Waals surface area (Å²) in [5.74, 6) is 1.24. The van der Waals surface area contributed by atoms with Crippen LogP contribution in [0.3, 0.4) is 0 Å². The number of rotatable bonds is 5. The molecule has 9 heteroatoms. The number of nitrogen functional groups attached to an aromatic ring is 1. The second-order valence-corrected chi connectivity index (χ2v) is 8.89. The van der Waals surface area contributed by atoms with Gasteiger partial charge in [-0.25, -0.2) is 15.0 Å². The first-order chi connectivity index (χ1) is 17.4. The quantitative estimate of drug-likeness (QED) is 0.411. The number of nitrogens with two attached hydrogens (primary N) is 1. The molecule has 1 aliphatic rings. The van der Waals surface area contributed by atoms with E-state index in [-0.39, 0.29) is 17.9 Å². The Hall–Kier alpha value is -4.53. The molecule has 0 bridgehead atoms. The summed E-state index contributed by atoms with van der Waals surface area (Å²) in [4.78, 5) is 40.8. The highest BCUT2D eigenvalue weighted by Crippen LogP contribution is 2.36. The van der Waals surface area contributed by atoms with Gasteiger partial charge < -0.3 is 16.0 Å². The first-order valence-electron chi connectivity index (χ1n) is 11.9. The van der Waals surface area contributed by atoms with Crippen molar-refractivity contribution >= 4 is 29.0 Å². The zero-order valence-electron chi connectivity index (χ0n) is 20.0. The van der Waals surface area contributed by atoms with E-state index in [9.17, 15) is 9.59 Å². The lowest BCUT2D eigenvalue weighted by Crippen LogP contribution is -2.39. The summed E-state index contributed by atoms with van der Waals surface area (Å²) in [6.45, 7) is 6.24. The van der Waals surface area contributed by atoms with Crippen molar-refractivity contribution in [1.82, 2.24) is 24.3 Å². The maximum atomic E-state index is 12.9. The molecule has 9 nitrogen and oxygen atoms in total. The van der Waals surface area contributed by atoms with Crippen molar-refractivity contribution in [2.75, 3.05) is 17.6 Å². The van der Waals surface area contributed by atoms with Crippen LogP contribution >= 0.6 is 0 Å². The lowest BCUT2D eigenvalue weighted by atomic mass is 10.0. The van der Waals surface area contributed by atoms with Crippen molar-refractivity contribution in [3.8, 4) is 11.3 Å². The molecule has 0 unspecified atom stereocenters. The van der Waals surface area contributed by atoms with Gasteiger partial charge in [0.1, 0.15) is 28.7 Å². The van der Waals surface area contributed by atoms with Crippen molar-refractivity contribution in [2.45, 2.75) is 32.2 Å². The number of carbonyl (C=O) groups excluding carboxylic acids is 2. The van der Waals surface area contributed by atoms with E-state index in [4.69, 9.17) is 10.7 Å². The molecular formula is C27H27N7O2. The SMILES string of the molecule is C=C(C)C(=O)N1CCCC[C@H]1c1nc(-c2ccc(C(=O)Nc3ccccn3)cc2)c2c(N)nccn12. The molecule has 1 saturated heterocycles. The largest absolute Gasteiger partial charge is 0.382 e. The van der Waals surface area contributed by atoms with Gasteiger partial charge >= 0.3 is 0 Å². The third-order valence-corrected chi connectivity index (χ3v) is 6.36. The summed E-state index contributed by atoms with van der Waals surface area (Å²) in [5.41, 5.74) is 9.42. The van der Waals surface area contributed by atoms with Gasteiger partial charge in [0.2, 0.25) is 5.91 Å². The number of hydrogen-bond donors (Lipinski definition) is 2. The molecule has 0 radical (unpaired) electrons. The highest BCUT2D eigenvalue weighted by Gasteiger charge is 2.32. The zero-order valence-corrected chi connectivity index (χ0v) is 20.0. The third kappa shape index (κ3) is 4.31. The van der Waals surface area contributed by atoms with Crippen molar-refractivity contribution in [3.05, 3.63) is 84.6 Å². The molecule has 5 rings (SSSR count). The van der Waals surface area contributed by atoms with Crippen LogP contribution in [-0.2, 0) is 4.79 Å². The number of amides is 2. The van der Waals surface area contributed by atoms with E-state index in [1.54, 1.807) is 43.6 Å². The number of imidazole rings is 1. The van der Waals surface area contributed by atoms with Gasteiger partial charge in [0, 0.05) is 41.8 Å². The summed E-state index contributed by atoms with van der Waals surface area (Å²) in [5, 5.41) is 2.78. The van der Waals surface area contributed by atoms with Crippen LogP contribution in [-0.4, -0.2) is 42.6 Å². The molecular weight excluding hydrogens is 454 g/mol. The van der Waals surface area contributed by atoms with E-state index < -0.39 is 0 Å². The molecule has 1 atom stereocenters. The van der Waals surface area contributed by atoms with Crippen LogP contribution in [0.2, 0.25) is 0 Å². The van der Waals surface area contributed by atoms with Gasteiger partial charge in [0.05, 0.1) is 6.04 Å². The number of carbonyl (C=O) groups is 2. The average molecular weight is 482 g/mol. The van der Waals surface area contributed by atoms with Crippen molar-refractivity contribution in [3.63, 3.8) is 0 Å². The van der Waals surface area contributed by atoms with Gasteiger partial charge in [-0.3, -0.25) is 14.0 Å². The lowest BCUT2D eigenvalue weighted by molar-refractivity contribution is -0.131. The molecule has 1 aliphatic heterocycles. The number of nitrogens with zero attached hydrogens (tertiary/aromatic N) is 5. The number of aromatic nitrogens is 4. The molecule has 0 spiro atoms. The Bertz CT molecular complexity index is 1440. The van der Waals surface area contributed by atoms with Crippen LogP contribution < -0.4 is 11.1 Å². The summed E-state index contributed by atoms with van der Waals surface area (Å²) in [6, 6.07) is 12.3. The first-order valence-corrected chi connectivity index (χ1v) is 11.9. The van der Waals surface area contributed by atoms with Gasteiger partial charge in [-0.15, -0.1) is 0 Å². The molecule has 0 saturated carbocycles. The van der Waals surface area contributed by atoms with E-state index in [1.165, 1.54) is 0 Å². The summed E-state index contributed by atoms with van der Waals surface area (Å²) < 4.78 is 1.92. The van der Waals surface area contributed by atoms with Crippen molar-refractivity contribution in [1.29, 1.82) is 0 Å². The fraction of sp³-hybridized carbons (Fsp3) is 0.222. The molecule has 182 valence electrons. The summed E-state index contributed by atoms with van der Waals surface area (Å²) in [6.07, 6.45) is 7.82. The maximum absolute atomic E-state index is 12.9. The molecule has 0 aliphatic carbocycles. The Balaban J connectivity index is 1.52. The van der Waals surface area contributed by atoms with Gasteiger partial charge in [0.25, 0.3) is 5.91 Å². The van der Waals surface area contributed by atoms with Gasteiger partial charge in [0.15, 0.2) is 0 Å². The zero-order chi connectivity index (χ0) is 25.2. The van der Waals surface area contributed by atoms with Gasteiger partial charge in [-0.1, -0.05) is 24.8 Å². The maximum Gasteiger partial charge on any atom is 0.256 e. The Kier molecular flexibility index (Phi) is 6.20. The van der Waals surface area contributed by atoms with Crippen LogP contribution in [0.15, 0.2) is 73.2 Å². The molecule has 3 aromatic heterocycles. The van der Waals surface area contributed by atoms with E-state index in [2.05, 4.69) is 21.9 Å². The van der Waals surface area contributed by atoms with E-state index in [0.29, 0.717) is 40.5 Å². The predicted octanol–water partition coefficient (Wildman–Crippen LogP) is 4.26. The lowest BCUT2D eigenvalue weighted by Gasteiger charge is -2.35. The summed E-state index contributed by atoms with van der Waals surface area (Å²) >= 11 is 0. The minimum Gasteiger partial charge on any atom is -0.382 e. The second-order valence-electron chi connectivity index (χ2n) is 8.89. The number of nitrogens with one attached hydrogen (secondary N) is 1. The normalized spacial score (nSPS) is 15.6. The Morgan fingerprint density at radius 1 is 1.08 bits per heavy atom. The number of pyridine rings is 1. The average Bonchev–Trinajstić information content (AvgIpc) is 3.30. The van der Waals surface area contributed by atoms with Crippen molar-refractivity contribution < 1.29 is 9.59 Å². The number of piperidine rings is 1. The number of benzene rings is 1. The topological polar surface area (TPSA) is 119 Å². The number of anilines is 2. The van der Waals surface area contributed by atoms with Gasteiger partial charge in [-0.2, -0.15) is 0 Å². The van der Waals surface area contributed by atoms with Crippen LogP contribution in [0.1, 0.15) is 48.4 Å². The minimum atomic E-state index is -0.257. The molecule has 4 aromatic rings. The molecule has 1 aromatic carbocycles. The molecule has 1 fully saturated rings. The highest BCUT2D eigenvalue weighted by atomic mass is 16.2. The highest BCUT2D eigenvalue weighted by molar-refractivity contribution is 6.04. The Morgan fingerprint density at radius 3 is 2.61 bits per heavy atom. The smallest absolute Gasteiger partial charge is 0.256 e. The van der Waals surface area contributed by atoms with E-state index in [1.807, 2.05) is 33.7 Å². The third-order valence-electron chi connectivity index (χ3n) is 6.36. The van der Waals surface area contributed by atoms with Gasteiger partial charge in [-0.05, 0) is 50.5 Å². The Labute approximate surface area is 208 Å².